The average molecular weight is 229 g/mol. The zero-order valence-corrected chi connectivity index (χ0v) is 10.2. The summed E-state index contributed by atoms with van der Waals surface area (Å²) in [5.74, 6) is 0.405. The van der Waals surface area contributed by atoms with Gasteiger partial charge in [-0.1, -0.05) is 13.3 Å². The van der Waals surface area contributed by atoms with Crippen LogP contribution in [0, 0.1) is 5.92 Å². The minimum Gasteiger partial charge on any atom is -0.465 e. The molecule has 0 amide bonds. The number of hydrogen-bond donors (Lipinski definition) is 1. The van der Waals surface area contributed by atoms with Gasteiger partial charge in [0, 0.05) is 13.2 Å². The van der Waals surface area contributed by atoms with Crippen LogP contribution in [0.5, 0.6) is 0 Å². The second-order valence-corrected chi connectivity index (χ2v) is 4.29. The van der Waals surface area contributed by atoms with Crippen molar-refractivity contribution < 1.29 is 14.3 Å². The monoisotopic (exact) mass is 229 g/mol. The highest BCUT2D eigenvalue weighted by molar-refractivity contribution is 5.71. The molecule has 0 aromatic heterocycles. The van der Waals surface area contributed by atoms with E-state index in [1.165, 1.54) is 6.42 Å². The summed E-state index contributed by atoms with van der Waals surface area (Å²) in [5.41, 5.74) is 0. The second kappa shape index (κ2) is 8.53. The van der Waals surface area contributed by atoms with Gasteiger partial charge in [-0.15, -0.1) is 0 Å². The SMILES string of the molecule is CCCCOC(=O)CNCC1CCCOC1. The van der Waals surface area contributed by atoms with Gasteiger partial charge in [0.25, 0.3) is 0 Å². The van der Waals surface area contributed by atoms with Gasteiger partial charge < -0.3 is 14.8 Å². The van der Waals surface area contributed by atoms with Crippen molar-refractivity contribution in [2.75, 3.05) is 32.9 Å². The molecule has 0 aliphatic carbocycles. The van der Waals surface area contributed by atoms with Crippen LogP contribution in [-0.2, 0) is 14.3 Å². The zero-order chi connectivity index (χ0) is 11.6. The van der Waals surface area contributed by atoms with Crippen molar-refractivity contribution >= 4 is 5.97 Å². The lowest BCUT2D eigenvalue weighted by atomic mass is 10.0. The molecule has 0 saturated carbocycles. The molecule has 1 fully saturated rings. The number of unbranched alkanes of at least 4 members (excludes halogenated alkanes) is 1. The topological polar surface area (TPSA) is 47.6 Å². The third-order valence-electron chi connectivity index (χ3n) is 2.72. The van der Waals surface area contributed by atoms with Crippen LogP contribution in [0.15, 0.2) is 0 Å². The van der Waals surface area contributed by atoms with E-state index in [1.54, 1.807) is 0 Å². The van der Waals surface area contributed by atoms with Crippen LogP contribution in [0.3, 0.4) is 0 Å². The standard InChI is InChI=1S/C12H23NO3/c1-2-3-7-16-12(14)9-13-8-11-5-4-6-15-10-11/h11,13H,2-10H2,1H3. The maximum Gasteiger partial charge on any atom is 0.319 e. The van der Waals surface area contributed by atoms with Gasteiger partial charge in [0.2, 0.25) is 0 Å². The number of nitrogens with one attached hydrogen (secondary N) is 1. The van der Waals surface area contributed by atoms with E-state index in [4.69, 9.17) is 9.47 Å². The van der Waals surface area contributed by atoms with Crippen LogP contribution < -0.4 is 5.32 Å². The summed E-state index contributed by atoms with van der Waals surface area (Å²) in [7, 11) is 0. The molecule has 1 aliphatic rings. The molecule has 1 N–H and O–H groups in total. The average Bonchev–Trinajstić information content (AvgIpc) is 2.31. The van der Waals surface area contributed by atoms with Gasteiger partial charge in [0.1, 0.15) is 0 Å². The zero-order valence-electron chi connectivity index (χ0n) is 10.2. The Balaban J connectivity index is 1.94. The van der Waals surface area contributed by atoms with Gasteiger partial charge in [-0.3, -0.25) is 4.79 Å². The minimum absolute atomic E-state index is 0.148. The Morgan fingerprint density at radius 2 is 2.44 bits per heavy atom. The number of ether oxygens (including phenoxy) is 2. The lowest BCUT2D eigenvalue weighted by Gasteiger charge is -2.21. The Morgan fingerprint density at radius 3 is 3.12 bits per heavy atom. The Morgan fingerprint density at radius 1 is 1.56 bits per heavy atom. The van der Waals surface area contributed by atoms with E-state index in [0.29, 0.717) is 19.1 Å². The molecule has 1 heterocycles. The molecular formula is C12H23NO3. The molecule has 94 valence electrons. The van der Waals surface area contributed by atoms with Gasteiger partial charge in [-0.05, 0) is 25.2 Å². The van der Waals surface area contributed by atoms with Crippen LogP contribution >= 0.6 is 0 Å². The molecule has 0 spiro atoms. The predicted octanol–water partition coefficient (Wildman–Crippen LogP) is 1.35. The first-order chi connectivity index (χ1) is 7.83. The maximum atomic E-state index is 11.2. The van der Waals surface area contributed by atoms with E-state index in [9.17, 15) is 4.79 Å². The molecule has 0 radical (unpaired) electrons. The number of carbonyl (C=O) groups excluding carboxylic acids is 1. The van der Waals surface area contributed by atoms with Crippen molar-refractivity contribution in [3.63, 3.8) is 0 Å². The summed E-state index contributed by atoms with van der Waals surface area (Å²) in [6.07, 6.45) is 4.33. The fourth-order valence-corrected chi connectivity index (χ4v) is 1.73. The fraction of sp³-hybridized carbons (Fsp3) is 0.917. The highest BCUT2D eigenvalue weighted by atomic mass is 16.5. The summed E-state index contributed by atoms with van der Waals surface area (Å²) in [6, 6.07) is 0. The van der Waals surface area contributed by atoms with E-state index >= 15 is 0 Å². The molecule has 1 atom stereocenters. The molecule has 0 aromatic rings. The third-order valence-corrected chi connectivity index (χ3v) is 2.72. The summed E-state index contributed by atoms with van der Waals surface area (Å²) < 4.78 is 10.4. The largest absolute Gasteiger partial charge is 0.465 e. The summed E-state index contributed by atoms with van der Waals surface area (Å²) in [6.45, 7) is 5.50. The lowest BCUT2D eigenvalue weighted by Crippen LogP contribution is -2.33. The Hall–Kier alpha value is -0.610. The van der Waals surface area contributed by atoms with E-state index in [2.05, 4.69) is 12.2 Å². The number of carbonyl (C=O) groups is 1. The maximum absolute atomic E-state index is 11.2. The molecule has 4 nitrogen and oxygen atoms in total. The molecule has 0 bridgehead atoms. The lowest BCUT2D eigenvalue weighted by molar-refractivity contribution is -0.142. The molecule has 1 rings (SSSR count). The van der Waals surface area contributed by atoms with Gasteiger partial charge in [0.15, 0.2) is 0 Å². The van der Waals surface area contributed by atoms with E-state index in [0.717, 1.165) is 39.0 Å². The van der Waals surface area contributed by atoms with Crippen molar-refractivity contribution in [3.05, 3.63) is 0 Å². The van der Waals surface area contributed by atoms with Crippen molar-refractivity contribution in [3.8, 4) is 0 Å². The van der Waals surface area contributed by atoms with Gasteiger partial charge in [-0.2, -0.15) is 0 Å². The smallest absolute Gasteiger partial charge is 0.319 e. The van der Waals surface area contributed by atoms with E-state index in [-0.39, 0.29) is 5.97 Å². The number of rotatable bonds is 7. The quantitative estimate of drug-likeness (QED) is 0.529. The molecule has 0 aromatic carbocycles. The van der Waals surface area contributed by atoms with Crippen molar-refractivity contribution in [2.45, 2.75) is 32.6 Å². The minimum atomic E-state index is -0.148. The van der Waals surface area contributed by atoms with Gasteiger partial charge >= 0.3 is 5.97 Å². The molecule has 1 saturated heterocycles. The fourth-order valence-electron chi connectivity index (χ4n) is 1.73. The van der Waals surface area contributed by atoms with Crippen molar-refractivity contribution in [2.24, 2.45) is 5.92 Å². The second-order valence-electron chi connectivity index (χ2n) is 4.29. The van der Waals surface area contributed by atoms with Gasteiger partial charge in [-0.25, -0.2) is 0 Å². The number of esters is 1. The molecule has 1 unspecified atom stereocenters. The Kier molecular flexibility index (Phi) is 7.17. The predicted molar refractivity (Wildman–Crippen MR) is 62.3 cm³/mol. The van der Waals surface area contributed by atoms with Crippen LogP contribution in [0.1, 0.15) is 32.6 Å². The van der Waals surface area contributed by atoms with E-state index < -0.39 is 0 Å². The van der Waals surface area contributed by atoms with Crippen LogP contribution in [0.2, 0.25) is 0 Å². The highest BCUT2D eigenvalue weighted by Gasteiger charge is 2.13. The summed E-state index contributed by atoms with van der Waals surface area (Å²) in [4.78, 5) is 11.2. The highest BCUT2D eigenvalue weighted by Crippen LogP contribution is 2.11. The first kappa shape index (κ1) is 13.5. The third kappa shape index (κ3) is 6.08. The van der Waals surface area contributed by atoms with Crippen LogP contribution in [0.4, 0.5) is 0 Å². The van der Waals surface area contributed by atoms with Crippen molar-refractivity contribution in [1.29, 1.82) is 0 Å². The molecular weight excluding hydrogens is 206 g/mol. The summed E-state index contributed by atoms with van der Waals surface area (Å²) in [5, 5.41) is 3.13. The summed E-state index contributed by atoms with van der Waals surface area (Å²) >= 11 is 0. The molecule has 16 heavy (non-hydrogen) atoms. The first-order valence-corrected chi connectivity index (χ1v) is 6.27. The van der Waals surface area contributed by atoms with Crippen LogP contribution in [-0.4, -0.2) is 38.9 Å². The first-order valence-electron chi connectivity index (χ1n) is 6.27. The van der Waals surface area contributed by atoms with Gasteiger partial charge in [0.05, 0.1) is 19.8 Å². The molecule has 4 heteroatoms. The Bertz CT molecular complexity index is 191. The molecule has 1 aliphatic heterocycles. The Labute approximate surface area is 97.7 Å². The van der Waals surface area contributed by atoms with Crippen molar-refractivity contribution in [1.82, 2.24) is 5.32 Å². The van der Waals surface area contributed by atoms with Crippen LogP contribution in [0.25, 0.3) is 0 Å². The number of hydrogen-bond acceptors (Lipinski definition) is 4. The normalized spacial score (nSPS) is 20.7. The van der Waals surface area contributed by atoms with E-state index in [1.807, 2.05) is 0 Å².